The van der Waals surface area contributed by atoms with Gasteiger partial charge in [0.2, 0.25) is 0 Å². The summed E-state index contributed by atoms with van der Waals surface area (Å²) in [5, 5.41) is 3.46. The molecule has 2 atom stereocenters. The predicted molar refractivity (Wildman–Crippen MR) is 62.6 cm³/mol. The summed E-state index contributed by atoms with van der Waals surface area (Å²) in [4.78, 5) is 0. The molecule has 0 aromatic carbocycles. The third kappa shape index (κ3) is 4.43. The van der Waals surface area contributed by atoms with Crippen LogP contribution in [0.4, 0.5) is 0 Å². The summed E-state index contributed by atoms with van der Waals surface area (Å²) in [6, 6.07) is 0.639. The minimum atomic E-state index is 0.639. The lowest BCUT2D eigenvalue weighted by Gasteiger charge is -2.30. The summed E-state index contributed by atoms with van der Waals surface area (Å²) in [5.41, 5.74) is 0. The average Bonchev–Trinajstić information content (AvgIpc) is 2.22. The molecule has 0 fully saturated rings. The number of ether oxygens (including phenoxy) is 1. The molecule has 2 heteroatoms. The average molecular weight is 201 g/mol. The van der Waals surface area contributed by atoms with Crippen molar-refractivity contribution < 1.29 is 4.74 Å². The second-order valence-electron chi connectivity index (χ2n) is 4.15. The lowest BCUT2D eigenvalue weighted by Crippen LogP contribution is -2.39. The molecule has 0 aromatic rings. The summed E-state index contributed by atoms with van der Waals surface area (Å²) >= 11 is 0. The SMILES string of the molecule is CCC(CC)C(NC)C(C)CCOC. The van der Waals surface area contributed by atoms with E-state index >= 15 is 0 Å². The molecule has 0 aliphatic carbocycles. The van der Waals surface area contributed by atoms with E-state index in [0.29, 0.717) is 12.0 Å². The summed E-state index contributed by atoms with van der Waals surface area (Å²) < 4.78 is 5.13. The van der Waals surface area contributed by atoms with Crippen LogP contribution in [0.3, 0.4) is 0 Å². The summed E-state index contributed by atoms with van der Waals surface area (Å²) in [6.07, 6.45) is 3.68. The number of rotatable bonds is 8. The Hall–Kier alpha value is -0.0800. The van der Waals surface area contributed by atoms with Gasteiger partial charge in [-0.3, -0.25) is 0 Å². The van der Waals surface area contributed by atoms with Crippen LogP contribution in [-0.2, 0) is 4.74 Å². The van der Waals surface area contributed by atoms with E-state index < -0.39 is 0 Å². The van der Waals surface area contributed by atoms with E-state index in [4.69, 9.17) is 4.74 Å². The Bertz CT molecular complexity index is 123. The van der Waals surface area contributed by atoms with Crippen LogP contribution in [0.15, 0.2) is 0 Å². The Morgan fingerprint density at radius 1 is 1.21 bits per heavy atom. The van der Waals surface area contributed by atoms with Gasteiger partial charge in [-0.2, -0.15) is 0 Å². The van der Waals surface area contributed by atoms with E-state index in [9.17, 15) is 0 Å². The molecule has 86 valence electrons. The molecule has 14 heavy (non-hydrogen) atoms. The molecule has 0 rings (SSSR count). The van der Waals surface area contributed by atoms with Gasteiger partial charge in [-0.15, -0.1) is 0 Å². The minimum Gasteiger partial charge on any atom is -0.385 e. The van der Waals surface area contributed by atoms with Gasteiger partial charge in [-0.1, -0.05) is 33.6 Å². The van der Waals surface area contributed by atoms with Crippen LogP contribution in [-0.4, -0.2) is 26.8 Å². The number of hydrogen-bond acceptors (Lipinski definition) is 2. The van der Waals surface area contributed by atoms with Crippen LogP contribution in [0.1, 0.15) is 40.0 Å². The Balaban J connectivity index is 4.07. The van der Waals surface area contributed by atoms with Gasteiger partial charge in [-0.25, -0.2) is 0 Å². The molecule has 1 N–H and O–H groups in total. The number of hydrogen-bond donors (Lipinski definition) is 1. The summed E-state index contributed by atoms with van der Waals surface area (Å²) in [7, 11) is 3.85. The monoisotopic (exact) mass is 201 g/mol. The number of methoxy groups -OCH3 is 1. The standard InChI is InChI=1S/C12H27NO/c1-6-11(7-2)12(13-4)10(3)8-9-14-5/h10-13H,6-9H2,1-5H3. The molecule has 0 aliphatic heterocycles. The Labute approximate surface area is 89.4 Å². The highest BCUT2D eigenvalue weighted by molar-refractivity contribution is 4.78. The molecule has 0 saturated carbocycles. The first-order chi connectivity index (χ1) is 6.71. The molecular formula is C12H27NO. The van der Waals surface area contributed by atoms with Gasteiger partial charge >= 0.3 is 0 Å². The summed E-state index contributed by atoms with van der Waals surface area (Å²) in [5.74, 6) is 1.50. The highest BCUT2D eigenvalue weighted by atomic mass is 16.5. The Kier molecular flexibility index (Phi) is 8.20. The largest absolute Gasteiger partial charge is 0.385 e. The normalized spacial score (nSPS) is 15.9. The fourth-order valence-corrected chi connectivity index (χ4v) is 2.26. The van der Waals surface area contributed by atoms with Crippen molar-refractivity contribution in [2.24, 2.45) is 11.8 Å². The molecule has 0 saturated heterocycles. The van der Waals surface area contributed by atoms with E-state index in [1.165, 1.54) is 12.8 Å². The van der Waals surface area contributed by atoms with E-state index in [2.05, 4.69) is 33.1 Å². The maximum Gasteiger partial charge on any atom is 0.0465 e. The zero-order chi connectivity index (χ0) is 11.0. The van der Waals surface area contributed by atoms with Gasteiger partial charge in [0.15, 0.2) is 0 Å². The fourth-order valence-electron chi connectivity index (χ4n) is 2.26. The molecule has 0 aliphatic rings. The van der Waals surface area contributed by atoms with Crippen LogP contribution in [0.2, 0.25) is 0 Å². The first kappa shape index (κ1) is 13.9. The van der Waals surface area contributed by atoms with Crippen molar-refractivity contribution >= 4 is 0 Å². The topological polar surface area (TPSA) is 21.3 Å². The maximum absolute atomic E-state index is 5.13. The molecule has 0 aromatic heterocycles. The molecule has 0 heterocycles. The third-order valence-corrected chi connectivity index (χ3v) is 3.28. The van der Waals surface area contributed by atoms with Gasteiger partial charge in [0.1, 0.15) is 0 Å². The smallest absolute Gasteiger partial charge is 0.0465 e. The van der Waals surface area contributed by atoms with Crippen LogP contribution in [0, 0.1) is 11.8 Å². The molecule has 0 bridgehead atoms. The van der Waals surface area contributed by atoms with Crippen molar-refractivity contribution in [3.05, 3.63) is 0 Å². The minimum absolute atomic E-state index is 0.639. The van der Waals surface area contributed by atoms with Gasteiger partial charge < -0.3 is 10.1 Å². The molecule has 0 spiro atoms. The Morgan fingerprint density at radius 3 is 2.14 bits per heavy atom. The van der Waals surface area contributed by atoms with Crippen LogP contribution >= 0.6 is 0 Å². The van der Waals surface area contributed by atoms with Gasteiger partial charge in [-0.05, 0) is 25.3 Å². The van der Waals surface area contributed by atoms with Crippen LogP contribution < -0.4 is 5.32 Å². The van der Waals surface area contributed by atoms with Crippen molar-refractivity contribution in [3.63, 3.8) is 0 Å². The predicted octanol–water partition coefficient (Wildman–Crippen LogP) is 2.68. The van der Waals surface area contributed by atoms with Crippen molar-refractivity contribution in [1.29, 1.82) is 0 Å². The zero-order valence-electron chi connectivity index (χ0n) is 10.5. The second kappa shape index (κ2) is 8.25. The van der Waals surface area contributed by atoms with E-state index in [1.807, 2.05) is 0 Å². The molecule has 2 unspecified atom stereocenters. The van der Waals surface area contributed by atoms with Gasteiger partial charge in [0.05, 0.1) is 0 Å². The third-order valence-electron chi connectivity index (χ3n) is 3.28. The van der Waals surface area contributed by atoms with Gasteiger partial charge in [0.25, 0.3) is 0 Å². The molecular weight excluding hydrogens is 174 g/mol. The quantitative estimate of drug-likeness (QED) is 0.652. The zero-order valence-corrected chi connectivity index (χ0v) is 10.5. The first-order valence-electron chi connectivity index (χ1n) is 5.87. The van der Waals surface area contributed by atoms with Gasteiger partial charge in [0, 0.05) is 19.8 Å². The first-order valence-corrected chi connectivity index (χ1v) is 5.87. The van der Waals surface area contributed by atoms with E-state index in [1.54, 1.807) is 7.11 Å². The van der Waals surface area contributed by atoms with Crippen molar-refractivity contribution in [2.45, 2.75) is 46.1 Å². The second-order valence-corrected chi connectivity index (χ2v) is 4.15. The van der Waals surface area contributed by atoms with Crippen molar-refractivity contribution in [1.82, 2.24) is 5.32 Å². The lowest BCUT2D eigenvalue weighted by atomic mass is 9.84. The molecule has 2 nitrogen and oxygen atoms in total. The van der Waals surface area contributed by atoms with E-state index in [0.717, 1.165) is 18.9 Å². The number of nitrogens with one attached hydrogen (secondary N) is 1. The lowest BCUT2D eigenvalue weighted by molar-refractivity contribution is 0.158. The summed E-state index contributed by atoms with van der Waals surface area (Å²) in [6.45, 7) is 7.75. The highest BCUT2D eigenvalue weighted by Crippen LogP contribution is 2.21. The van der Waals surface area contributed by atoms with Crippen molar-refractivity contribution in [3.8, 4) is 0 Å². The van der Waals surface area contributed by atoms with Crippen LogP contribution in [0.25, 0.3) is 0 Å². The van der Waals surface area contributed by atoms with E-state index in [-0.39, 0.29) is 0 Å². The molecule has 0 radical (unpaired) electrons. The van der Waals surface area contributed by atoms with Crippen LogP contribution in [0.5, 0.6) is 0 Å². The van der Waals surface area contributed by atoms with Crippen molar-refractivity contribution in [2.75, 3.05) is 20.8 Å². The maximum atomic E-state index is 5.13. The fraction of sp³-hybridized carbons (Fsp3) is 1.00. The molecule has 0 amide bonds. The Morgan fingerprint density at radius 2 is 1.79 bits per heavy atom. The highest BCUT2D eigenvalue weighted by Gasteiger charge is 2.22.